The number of aromatic nitrogens is 2. The zero-order valence-electron chi connectivity index (χ0n) is 50.8. The molecular weight excluding hydrogens is 849 g/mol. The van der Waals surface area contributed by atoms with Gasteiger partial charge in [0.15, 0.2) is 0 Å². The van der Waals surface area contributed by atoms with Crippen molar-refractivity contribution < 1.29 is 13.7 Å². The number of rotatable bonds is 8. The summed E-state index contributed by atoms with van der Waals surface area (Å²) in [6.07, 6.45) is 1.61. The summed E-state index contributed by atoms with van der Waals surface area (Å²) >= 11 is 0. The summed E-state index contributed by atoms with van der Waals surface area (Å²) in [5.41, 5.74) is 12.5. The Morgan fingerprint density at radius 1 is 0.400 bits per heavy atom. The molecule has 0 saturated carbocycles. The Hall–Kier alpha value is -7.82. The van der Waals surface area contributed by atoms with Crippen molar-refractivity contribution in [1.82, 2.24) is 8.80 Å². The molecule has 0 aliphatic rings. The fraction of sp³-hybridized carbons (Fsp3) is 0.182. The quantitative estimate of drug-likeness (QED) is 0.151. The predicted molar refractivity (Wildman–Crippen MR) is 301 cm³/mol. The van der Waals surface area contributed by atoms with Crippen LogP contribution in [0.2, 0.25) is 0 Å². The molecular formula is C66H58N4. The second-order valence-corrected chi connectivity index (χ2v) is 20.8. The molecule has 70 heavy (non-hydrogen) atoms. The Kier molecular flexibility index (Phi) is 7.20. The number of hydrogen-bond acceptors (Lipinski definition) is 2. The molecule has 0 amide bonds. The number of hydrogen-bond donors (Lipinski definition) is 0. The highest BCUT2D eigenvalue weighted by atomic mass is 15.2. The summed E-state index contributed by atoms with van der Waals surface area (Å²) in [4.78, 5) is 3.71. The van der Waals surface area contributed by atoms with Gasteiger partial charge in [0, 0.05) is 65.8 Å². The number of fused-ring (bicyclic) bond motifs is 12. The molecule has 0 saturated heterocycles. The van der Waals surface area contributed by atoms with Gasteiger partial charge in [-0.3, -0.25) is 0 Å². The first kappa shape index (κ1) is 32.8. The maximum Gasteiger partial charge on any atom is 0.0645 e. The van der Waals surface area contributed by atoms with Crippen LogP contribution in [-0.2, 0) is 23.7 Å². The van der Waals surface area contributed by atoms with Gasteiger partial charge in [0.2, 0.25) is 0 Å². The van der Waals surface area contributed by atoms with Crippen molar-refractivity contribution in [3.8, 4) is 0 Å². The second-order valence-electron chi connectivity index (χ2n) is 20.8. The first-order chi connectivity index (χ1) is 38.1. The van der Waals surface area contributed by atoms with Crippen molar-refractivity contribution in [1.29, 1.82) is 0 Å². The van der Waals surface area contributed by atoms with Gasteiger partial charge in [0.05, 0.1) is 58.2 Å². The van der Waals surface area contributed by atoms with Crippen molar-refractivity contribution in [2.24, 2.45) is 0 Å². The fourth-order valence-electron chi connectivity index (χ4n) is 11.5. The topological polar surface area (TPSA) is 15.3 Å². The Labute approximate surface area is 424 Å². The molecule has 0 radical (unpaired) electrons. The van der Waals surface area contributed by atoms with E-state index in [-0.39, 0.29) is 46.4 Å². The molecule has 0 atom stereocenters. The smallest absolute Gasteiger partial charge is 0.0645 e. The van der Waals surface area contributed by atoms with Gasteiger partial charge in [0.25, 0.3) is 0 Å². The van der Waals surface area contributed by atoms with Crippen LogP contribution in [0.25, 0.3) is 76.2 Å². The number of para-hydroxylation sites is 4. The predicted octanol–water partition coefficient (Wildman–Crippen LogP) is 18.6. The number of anilines is 6. The standard InChI is InChI=1S/C66H58N4/c1-9-41-27-31-45(32-28-41)67(43-19-13-11-14-20-43)55-37-35-47-51-39-58-52(40-57(51)69-61-49(59(55)63(47)69)23-17-25-53(61)65(3,4)5)48-36-38-56(60-50-24-18-26-54(66(6,7)8)62(50)70(58)64(48)60)68(44-21-15-12-16-22-44)46-33-29-42(10-2)30-34-46/h11-40H,9-10H2,1-8H3/i11D,12D,13D,14D,15D,16D,19D,20D,21D,22D. The van der Waals surface area contributed by atoms with Crippen LogP contribution in [0.1, 0.15) is 91.4 Å². The van der Waals surface area contributed by atoms with Gasteiger partial charge >= 0.3 is 0 Å². The molecule has 0 N–H and O–H groups in total. The van der Waals surface area contributed by atoms with Crippen molar-refractivity contribution in [2.45, 2.75) is 79.1 Å². The van der Waals surface area contributed by atoms with Crippen molar-refractivity contribution in [3.05, 3.63) is 204 Å². The molecule has 13 aromatic rings. The highest BCUT2D eigenvalue weighted by Gasteiger charge is 2.31. The van der Waals surface area contributed by atoms with Gasteiger partial charge in [-0.2, -0.15) is 0 Å². The summed E-state index contributed by atoms with van der Waals surface area (Å²) in [5, 5.41) is 7.71. The van der Waals surface area contributed by atoms with E-state index in [4.69, 9.17) is 8.22 Å². The number of aryl methyl sites for hydroxylation is 2. The van der Waals surface area contributed by atoms with Crippen LogP contribution in [0.15, 0.2) is 182 Å². The van der Waals surface area contributed by atoms with E-state index in [1.807, 2.05) is 70.5 Å². The van der Waals surface area contributed by atoms with Crippen LogP contribution in [0.5, 0.6) is 0 Å². The average molecular weight is 917 g/mol. The summed E-state index contributed by atoms with van der Waals surface area (Å²) in [6.45, 7) is 17.5. The van der Waals surface area contributed by atoms with Gasteiger partial charge in [-0.1, -0.05) is 164 Å². The highest BCUT2D eigenvalue weighted by Crippen LogP contribution is 2.53. The van der Waals surface area contributed by atoms with Gasteiger partial charge in [-0.25, -0.2) is 0 Å². The average Bonchev–Trinajstić information content (AvgIpc) is 3.96. The Bertz CT molecular complexity index is 4390. The normalized spacial score (nSPS) is 14.7. The van der Waals surface area contributed by atoms with Crippen molar-refractivity contribution in [3.63, 3.8) is 0 Å². The molecule has 0 fully saturated rings. The summed E-state index contributed by atoms with van der Waals surface area (Å²) in [7, 11) is 0. The molecule has 4 nitrogen and oxygen atoms in total. The first-order valence-corrected chi connectivity index (χ1v) is 24.4. The van der Waals surface area contributed by atoms with Gasteiger partial charge in [-0.05, 0) is 119 Å². The molecule has 342 valence electrons. The SMILES string of the molecule is [2H]c1c([2H])c([2H])c(N(c2ccc(CC)cc2)c2ccc3c4cc5c(cc4n4c6c(C(C)(C)C)cccc6c2c34)c2ccc(N(c3ccc(CC)cc3)c3c([2H])c([2H])c([2H])c([2H])c3[2H])c3c4cccc(C(C)(C)C)c4n5c23)c([2H])c1[2H]. The van der Waals surface area contributed by atoms with Gasteiger partial charge < -0.3 is 18.6 Å². The highest BCUT2D eigenvalue weighted by molar-refractivity contribution is 6.32. The second kappa shape index (κ2) is 15.3. The van der Waals surface area contributed by atoms with Crippen LogP contribution in [0.3, 0.4) is 0 Å². The van der Waals surface area contributed by atoms with Crippen LogP contribution in [0, 0.1) is 0 Å². The third-order valence-electron chi connectivity index (χ3n) is 14.7. The molecule has 0 aliphatic carbocycles. The van der Waals surface area contributed by atoms with Crippen LogP contribution in [-0.4, -0.2) is 8.80 Å². The lowest BCUT2D eigenvalue weighted by molar-refractivity contribution is 0.594. The maximum absolute atomic E-state index is 9.39. The van der Waals surface area contributed by atoms with Gasteiger partial charge in [-0.15, -0.1) is 0 Å². The van der Waals surface area contributed by atoms with E-state index in [1.165, 1.54) is 0 Å². The minimum absolute atomic E-state index is 0.0650. The fourth-order valence-corrected chi connectivity index (χ4v) is 11.5. The zero-order valence-corrected chi connectivity index (χ0v) is 40.8. The molecule has 4 heteroatoms. The van der Waals surface area contributed by atoms with Crippen LogP contribution in [0.4, 0.5) is 34.1 Å². The lowest BCUT2D eigenvalue weighted by atomic mass is 9.85. The first-order valence-electron chi connectivity index (χ1n) is 29.4. The van der Waals surface area contributed by atoms with Crippen LogP contribution < -0.4 is 9.80 Å². The van der Waals surface area contributed by atoms with Crippen molar-refractivity contribution in [2.75, 3.05) is 9.80 Å². The number of benzene rings is 9. The molecule has 0 unspecified atom stereocenters. The molecule has 13 rings (SSSR count). The Morgan fingerprint density at radius 2 is 0.786 bits per heavy atom. The van der Waals surface area contributed by atoms with E-state index in [9.17, 15) is 5.48 Å². The Balaban J connectivity index is 1.19. The molecule has 4 heterocycles. The third kappa shape index (κ3) is 6.08. The molecule has 9 aromatic carbocycles. The number of nitrogens with zero attached hydrogens (tertiary/aromatic N) is 4. The van der Waals surface area contributed by atoms with E-state index in [0.717, 1.165) is 111 Å². The summed E-state index contributed by atoms with van der Waals surface area (Å²) in [6, 6.07) is 38.1. The zero-order chi connectivity index (χ0) is 56.5. The van der Waals surface area contributed by atoms with E-state index in [0.29, 0.717) is 22.7 Å². The minimum atomic E-state index is -0.452. The van der Waals surface area contributed by atoms with Crippen molar-refractivity contribution >= 4 is 110 Å². The summed E-state index contributed by atoms with van der Waals surface area (Å²) in [5.74, 6) is 0. The molecule has 4 aromatic heterocycles. The minimum Gasteiger partial charge on any atom is -0.310 e. The van der Waals surface area contributed by atoms with E-state index in [1.54, 1.807) is 0 Å². The molecule has 0 bridgehead atoms. The molecule has 0 aliphatic heterocycles. The largest absolute Gasteiger partial charge is 0.310 e. The van der Waals surface area contributed by atoms with Crippen LogP contribution >= 0.6 is 0 Å². The lowest BCUT2D eigenvalue weighted by Crippen LogP contribution is -2.12. The monoisotopic (exact) mass is 917 g/mol. The third-order valence-corrected chi connectivity index (χ3v) is 14.7. The molecule has 0 spiro atoms. The van der Waals surface area contributed by atoms with E-state index < -0.39 is 36.3 Å². The summed E-state index contributed by atoms with van der Waals surface area (Å²) < 4.78 is 95.0. The van der Waals surface area contributed by atoms with E-state index >= 15 is 0 Å². The lowest BCUT2D eigenvalue weighted by Gasteiger charge is -2.27. The van der Waals surface area contributed by atoms with E-state index in [2.05, 4.69) is 125 Å². The van der Waals surface area contributed by atoms with Gasteiger partial charge in [0.1, 0.15) is 0 Å². The Morgan fingerprint density at radius 3 is 1.14 bits per heavy atom. The maximum atomic E-state index is 9.39.